The van der Waals surface area contributed by atoms with Crippen molar-refractivity contribution in [2.24, 2.45) is 0 Å². The summed E-state index contributed by atoms with van der Waals surface area (Å²) in [6.07, 6.45) is 0. The Morgan fingerprint density at radius 2 is 1.69 bits per heavy atom. The maximum absolute atomic E-state index is 9.35. The summed E-state index contributed by atoms with van der Waals surface area (Å²) in [4.78, 5) is 9.32. The maximum atomic E-state index is 9.35. The van der Waals surface area contributed by atoms with Crippen LogP contribution in [0.1, 0.15) is 22.5 Å². The summed E-state index contributed by atoms with van der Waals surface area (Å²) in [6, 6.07) is 12.2. The van der Waals surface area contributed by atoms with Crippen LogP contribution in [-0.4, -0.2) is 40.8 Å². The van der Waals surface area contributed by atoms with Crippen molar-refractivity contribution >= 4 is 17.2 Å². The van der Waals surface area contributed by atoms with Crippen molar-refractivity contribution in [1.29, 1.82) is 5.26 Å². The predicted octanol–water partition coefficient (Wildman–Crippen LogP) is 2.85. The second-order valence-electron chi connectivity index (χ2n) is 6.80. The number of rotatable bonds is 2. The van der Waals surface area contributed by atoms with Gasteiger partial charge in [0.2, 0.25) is 0 Å². The van der Waals surface area contributed by atoms with Crippen LogP contribution in [0.3, 0.4) is 0 Å². The van der Waals surface area contributed by atoms with Crippen molar-refractivity contribution in [2.75, 3.05) is 36.0 Å². The van der Waals surface area contributed by atoms with E-state index in [2.05, 4.69) is 38.9 Å². The molecule has 0 aliphatic carbocycles. The van der Waals surface area contributed by atoms with Crippen LogP contribution in [0.25, 0.3) is 5.65 Å². The van der Waals surface area contributed by atoms with E-state index in [0.717, 1.165) is 65.8 Å². The molecule has 0 N–H and O–H groups in total. The first kappa shape index (κ1) is 16.4. The third-order valence-electron chi connectivity index (χ3n) is 5.13. The molecule has 6 heteroatoms. The third kappa shape index (κ3) is 2.66. The molecule has 0 saturated carbocycles. The zero-order chi connectivity index (χ0) is 18.3. The highest BCUT2D eigenvalue weighted by Crippen LogP contribution is 2.25. The lowest BCUT2D eigenvalue weighted by molar-refractivity contribution is 0.637. The van der Waals surface area contributed by atoms with Crippen LogP contribution >= 0.6 is 0 Å². The lowest BCUT2D eigenvalue weighted by atomic mass is 10.1. The van der Waals surface area contributed by atoms with Crippen LogP contribution in [0.5, 0.6) is 0 Å². The van der Waals surface area contributed by atoms with Gasteiger partial charge in [0.15, 0.2) is 5.65 Å². The summed E-state index contributed by atoms with van der Waals surface area (Å²) in [5, 5.41) is 14.0. The molecule has 0 radical (unpaired) electrons. The lowest BCUT2D eigenvalue weighted by Gasteiger charge is -2.37. The monoisotopic (exact) mass is 346 g/mol. The average molecular weight is 346 g/mol. The fraction of sp³-hybridized carbons (Fsp3) is 0.350. The molecule has 0 spiro atoms. The summed E-state index contributed by atoms with van der Waals surface area (Å²) >= 11 is 0. The van der Waals surface area contributed by atoms with E-state index in [1.807, 2.05) is 42.6 Å². The van der Waals surface area contributed by atoms with Gasteiger partial charge in [-0.15, -0.1) is 0 Å². The first-order valence-electron chi connectivity index (χ1n) is 8.91. The van der Waals surface area contributed by atoms with Gasteiger partial charge in [0.1, 0.15) is 11.9 Å². The van der Waals surface area contributed by atoms with Crippen molar-refractivity contribution in [3.63, 3.8) is 0 Å². The highest BCUT2D eigenvalue weighted by Gasteiger charge is 2.22. The van der Waals surface area contributed by atoms with E-state index in [4.69, 9.17) is 0 Å². The van der Waals surface area contributed by atoms with Crippen LogP contribution in [0, 0.1) is 32.1 Å². The van der Waals surface area contributed by atoms with E-state index in [9.17, 15) is 5.26 Å². The molecule has 3 aromatic rings. The second kappa shape index (κ2) is 6.34. The van der Waals surface area contributed by atoms with Crippen molar-refractivity contribution in [1.82, 2.24) is 14.6 Å². The van der Waals surface area contributed by atoms with Crippen LogP contribution < -0.4 is 9.80 Å². The van der Waals surface area contributed by atoms with Crippen molar-refractivity contribution in [3.05, 3.63) is 52.8 Å². The van der Waals surface area contributed by atoms with E-state index in [-0.39, 0.29) is 0 Å². The first-order valence-corrected chi connectivity index (χ1v) is 8.91. The molecule has 4 rings (SSSR count). The van der Waals surface area contributed by atoms with Gasteiger partial charge in [-0.25, -0.2) is 4.98 Å². The van der Waals surface area contributed by atoms with Gasteiger partial charge in [0.25, 0.3) is 0 Å². The fourth-order valence-corrected chi connectivity index (χ4v) is 3.58. The Kier molecular flexibility index (Phi) is 4.00. The minimum Gasteiger partial charge on any atom is -0.367 e. The Hall–Kier alpha value is -3.07. The predicted molar refractivity (Wildman–Crippen MR) is 103 cm³/mol. The van der Waals surface area contributed by atoms with E-state index >= 15 is 0 Å². The normalized spacial score (nSPS) is 14.7. The van der Waals surface area contributed by atoms with Crippen LogP contribution in [0.4, 0.5) is 11.5 Å². The summed E-state index contributed by atoms with van der Waals surface area (Å²) in [5.41, 5.74) is 5.86. The van der Waals surface area contributed by atoms with Gasteiger partial charge in [0, 0.05) is 43.5 Å². The average Bonchev–Trinajstić information content (AvgIpc) is 2.96. The maximum Gasteiger partial charge on any atom is 0.160 e. The van der Waals surface area contributed by atoms with Gasteiger partial charge in [-0.05, 0) is 32.9 Å². The van der Waals surface area contributed by atoms with Gasteiger partial charge in [0.05, 0.1) is 16.9 Å². The summed E-state index contributed by atoms with van der Waals surface area (Å²) < 4.78 is 1.97. The number of aromatic nitrogens is 3. The number of anilines is 2. The summed E-state index contributed by atoms with van der Waals surface area (Å²) in [5.74, 6) is 1.09. The van der Waals surface area contributed by atoms with Crippen molar-refractivity contribution < 1.29 is 0 Å². The Balaban J connectivity index is 1.62. The molecule has 3 heterocycles. The van der Waals surface area contributed by atoms with Gasteiger partial charge < -0.3 is 9.80 Å². The minimum atomic E-state index is 0.737. The molecule has 0 bridgehead atoms. The number of para-hydroxylation sites is 1. The van der Waals surface area contributed by atoms with Crippen molar-refractivity contribution in [3.8, 4) is 6.07 Å². The molecular formula is C20H22N6. The number of hydrogen-bond acceptors (Lipinski definition) is 5. The molecule has 6 nitrogen and oxygen atoms in total. The summed E-state index contributed by atoms with van der Waals surface area (Å²) in [6.45, 7) is 9.66. The van der Waals surface area contributed by atoms with Gasteiger partial charge in [-0.1, -0.05) is 12.1 Å². The number of benzene rings is 1. The molecule has 1 saturated heterocycles. The first-order chi connectivity index (χ1) is 12.6. The highest BCUT2D eigenvalue weighted by molar-refractivity contribution is 5.61. The van der Waals surface area contributed by atoms with E-state index in [0.29, 0.717) is 0 Å². The number of nitrogens with zero attached hydrogens (tertiary/aromatic N) is 6. The molecule has 1 aromatic carbocycles. The molecule has 2 aromatic heterocycles. The number of aryl methyl sites for hydroxylation is 3. The minimum absolute atomic E-state index is 0.737. The number of nitriles is 1. The zero-order valence-electron chi connectivity index (χ0n) is 15.4. The topological polar surface area (TPSA) is 60.5 Å². The van der Waals surface area contributed by atoms with Gasteiger partial charge in [-0.3, -0.25) is 0 Å². The number of piperazine rings is 1. The molecule has 1 aliphatic rings. The quantitative estimate of drug-likeness (QED) is 0.714. The molecule has 0 amide bonds. The number of fused-ring (bicyclic) bond motifs is 1. The Bertz CT molecular complexity index is 1010. The standard InChI is InChI=1S/C20H22N6/c1-14-12-19(26-20(22-14)15(2)16(3)23-26)25-10-8-24(9-11-25)18-7-5-4-6-17(18)13-21/h4-7,12H,8-11H2,1-3H3. The third-order valence-corrected chi connectivity index (χ3v) is 5.13. The van der Waals surface area contributed by atoms with Gasteiger partial charge in [-0.2, -0.15) is 14.9 Å². The zero-order valence-corrected chi connectivity index (χ0v) is 15.4. The van der Waals surface area contributed by atoms with Gasteiger partial charge >= 0.3 is 0 Å². The SMILES string of the molecule is Cc1cc(N2CCN(c3ccccc3C#N)CC2)n2nc(C)c(C)c2n1. The Morgan fingerprint density at radius 3 is 2.42 bits per heavy atom. The largest absolute Gasteiger partial charge is 0.367 e. The molecule has 0 unspecified atom stereocenters. The lowest BCUT2D eigenvalue weighted by Crippen LogP contribution is -2.47. The van der Waals surface area contributed by atoms with Crippen LogP contribution in [0.15, 0.2) is 30.3 Å². The number of hydrogen-bond donors (Lipinski definition) is 0. The molecule has 0 atom stereocenters. The van der Waals surface area contributed by atoms with Crippen molar-refractivity contribution in [2.45, 2.75) is 20.8 Å². The molecule has 132 valence electrons. The second-order valence-corrected chi connectivity index (χ2v) is 6.80. The van der Waals surface area contributed by atoms with E-state index in [1.165, 1.54) is 0 Å². The highest BCUT2D eigenvalue weighted by atomic mass is 15.4. The molecule has 1 aliphatic heterocycles. The fourth-order valence-electron chi connectivity index (χ4n) is 3.58. The van der Waals surface area contributed by atoms with Crippen LogP contribution in [-0.2, 0) is 0 Å². The smallest absolute Gasteiger partial charge is 0.160 e. The molecule has 26 heavy (non-hydrogen) atoms. The Morgan fingerprint density at radius 1 is 1.00 bits per heavy atom. The molecular weight excluding hydrogens is 324 g/mol. The summed E-state index contributed by atoms with van der Waals surface area (Å²) in [7, 11) is 0. The Labute approximate surface area is 153 Å². The van der Waals surface area contributed by atoms with Crippen LogP contribution in [0.2, 0.25) is 0 Å². The van der Waals surface area contributed by atoms with E-state index < -0.39 is 0 Å². The molecule has 1 fully saturated rings. The van der Waals surface area contributed by atoms with E-state index in [1.54, 1.807) is 0 Å².